The molecule has 0 saturated carbocycles. The van der Waals surface area contributed by atoms with Crippen LogP contribution in [0.3, 0.4) is 0 Å². The molecule has 0 N–H and O–H groups in total. The summed E-state index contributed by atoms with van der Waals surface area (Å²) in [6.07, 6.45) is 0.597. The number of carbonyl (C=O) groups is 2. The van der Waals surface area contributed by atoms with Gasteiger partial charge in [-0.05, 0) is 25.0 Å². The molecule has 0 atom stereocenters. The van der Waals surface area contributed by atoms with Crippen LogP contribution in [-0.4, -0.2) is 55.5 Å². The van der Waals surface area contributed by atoms with Crippen LogP contribution in [0.4, 0.5) is 0 Å². The number of ether oxygens (including phenoxy) is 2. The van der Waals surface area contributed by atoms with Crippen LogP contribution in [0.2, 0.25) is 0 Å². The van der Waals surface area contributed by atoms with E-state index in [0.717, 1.165) is 5.56 Å². The Hall–Kier alpha value is -3.12. The number of rotatable bonds is 10. The Kier molecular flexibility index (Phi) is 7.25. The predicted octanol–water partition coefficient (Wildman–Crippen LogP) is 3.33. The molecule has 0 fully saturated rings. The van der Waals surface area contributed by atoms with Crippen molar-refractivity contribution < 1.29 is 19.1 Å². The van der Waals surface area contributed by atoms with E-state index in [0.29, 0.717) is 55.3 Å². The Morgan fingerprint density at radius 1 is 0.967 bits per heavy atom. The molecule has 0 aromatic heterocycles. The van der Waals surface area contributed by atoms with Gasteiger partial charge in [-0.1, -0.05) is 48.5 Å². The van der Waals surface area contributed by atoms with E-state index < -0.39 is 0 Å². The van der Waals surface area contributed by atoms with Gasteiger partial charge < -0.3 is 14.4 Å². The van der Waals surface area contributed by atoms with Crippen molar-refractivity contribution in [2.75, 3.05) is 33.9 Å². The minimum Gasteiger partial charge on any atom is -0.496 e. The minimum absolute atomic E-state index is 0.282. The number of benzene rings is 2. The lowest BCUT2D eigenvalue weighted by Crippen LogP contribution is -2.35. The van der Waals surface area contributed by atoms with Gasteiger partial charge in [-0.25, -0.2) is 0 Å². The maximum Gasteiger partial charge on any atom is 0.277 e. The highest BCUT2D eigenvalue weighted by Gasteiger charge is 2.41. The second kappa shape index (κ2) is 10.1. The van der Waals surface area contributed by atoms with Crippen molar-refractivity contribution in [2.24, 2.45) is 0 Å². The third-order valence-electron chi connectivity index (χ3n) is 5.04. The zero-order valence-corrected chi connectivity index (χ0v) is 17.8. The molecule has 158 valence electrons. The maximum absolute atomic E-state index is 13.3. The number of para-hydroxylation sites is 1. The Labute approximate surface area is 177 Å². The third kappa shape index (κ3) is 4.54. The molecule has 1 aliphatic rings. The molecule has 3 rings (SSSR count). The quantitative estimate of drug-likeness (QED) is 0.446. The number of likely N-dealkylation sites (N-methyl/N-ethyl adjacent to an activating group) is 1. The summed E-state index contributed by atoms with van der Waals surface area (Å²) in [5.74, 6) is -0.0119. The van der Waals surface area contributed by atoms with Crippen molar-refractivity contribution in [3.63, 3.8) is 0 Å². The highest BCUT2D eigenvalue weighted by molar-refractivity contribution is 6.36. The van der Waals surface area contributed by atoms with Crippen LogP contribution in [0.25, 0.3) is 5.57 Å². The number of amides is 2. The summed E-state index contributed by atoms with van der Waals surface area (Å²) in [4.78, 5) is 29.8. The van der Waals surface area contributed by atoms with Gasteiger partial charge in [0.15, 0.2) is 0 Å². The maximum atomic E-state index is 13.3. The molecular formula is C24H28N2O4. The summed E-state index contributed by atoms with van der Waals surface area (Å²) in [7, 11) is 3.40. The first-order chi connectivity index (χ1) is 14.6. The normalized spacial score (nSPS) is 13.9. The molecular weight excluding hydrogens is 380 g/mol. The lowest BCUT2D eigenvalue weighted by molar-refractivity contribution is -0.137. The highest BCUT2D eigenvalue weighted by atomic mass is 16.5. The number of hydrogen-bond acceptors (Lipinski definition) is 5. The van der Waals surface area contributed by atoms with Crippen molar-refractivity contribution in [3.05, 3.63) is 71.4 Å². The Morgan fingerprint density at radius 2 is 1.67 bits per heavy atom. The Balaban J connectivity index is 1.97. The molecule has 0 bridgehead atoms. The van der Waals surface area contributed by atoms with E-state index >= 15 is 0 Å². The van der Waals surface area contributed by atoms with Crippen molar-refractivity contribution in [2.45, 2.75) is 19.9 Å². The van der Waals surface area contributed by atoms with Gasteiger partial charge in [-0.2, -0.15) is 0 Å². The fourth-order valence-corrected chi connectivity index (χ4v) is 3.62. The van der Waals surface area contributed by atoms with Crippen LogP contribution in [0.15, 0.2) is 60.3 Å². The van der Waals surface area contributed by atoms with E-state index in [2.05, 4.69) is 0 Å². The number of imide groups is 1. The van der Waals surface area contributed by atoms with Gasteiger partial charge in [-0.3, -0.25) is 14.5 Å². The Morgan fingerprint density at radius 3 is 2.37 bits per heavy atom. The fraction of sp³-hybridized carbons (Fsp3) is 0.333. The molecule has 2 amide bonds. The van der Waals surface area contributed by atoms with E-state index in [-0.39, 0.29) is 11.8 Å². The summed E-state index contributed by atoms with van der Waals surface area (Å²) < 4.78 is 10.9. The number of carbonyl (C=O) groups excluding carboxylic acids is 2. The van der Waals surface area contributed by atoms with E-state index in [4.69, 9.17) is 9.47 Å². The van der Waals surface area contributed by atoms with E-state index in [1.54, 1.807) is 13.2 Å². The van der Waals surface area contributed by atoms with Crippen LogP contribution in [-0.2, 0) is 20.9 Å². The topological polar surface area (TPSA) is 59.1 Å². The number of nitrogens with zero attached hydrogens (tertiary/aromatic N) is 2. The van der Waals surface area contributed by atoms with Crippen molar-refractivity contribution in [1.29, 1.82) is 0 Å². The zero-order chi connectivity index (χ0) is 21.5. The predicted molar refractivity (Wildman–Crippen MR) is 116 cm³/mol. The molecule has 0 radical (unpaired) electrons. The molecule has 0 spiro atoms. The van der Waals surface area contributed by atoms with Gasteiger partial charge in [0.05, 0.1) is 12.7 Å². The molecule has 0 unspecified atom stereocenters. The highest BCUT2D eigenvalue weighted by Crippen LogP contribution is 2.36. The molecule has 2 aromatic carbocycles. The van der Waals surface area contributed by atoms with Gasteiger partial charge in [0, 0.05) is 38.9 Å². The number of hydrogen-bond donors (Lipinski definition) is 0. The van der Waals surface area contributed by atoms with Crippen molar-refractivity contribution in [3.8, 4) is 5.75 Å². The Bertz CT molecular complexity index is 924. The van der Waals surface area contributed by atoms with Crippen molar-refractivity contribution in [1.82, 2.24) is 9.80 Å². The lowest BCUT2D eigenvalue weighted by Gasteiger charge is -2.21. The molecule has 6 heteroatoms. The van der Waals surface area contributed by atoms with Crippen molar-refractivity contribution >= 4 is 17.4 Å². The van der Waals surface area contributed by atoms with Crippen LogP contribution < -0.4 is 4.74 Å². The SMILES string of the molecule is CCOCCCN1C(=O)C(c2ccccc2OC)=C(N(C)Cc2ccccc2)C1=O. The summed E-state index contributed by atoms with van der Waals surface area (Å²) in [6, 6.07) is 17.2. The van der Waals surface area contributed by atoms with Gasteiger partial charge in [-0.15, -0.1) is 0 Å². The van der Waals surface area contributed by atoms with Gasteiger partial charge in [0.1, 0.15) is 11.4 Å². The van der Waals surface area contributed by atoms with E-state index in [1.165, 1.54) is 4.90 Å². The average Bonchev–Trinajstić information content (AvgIpc) is 3.01. The van der Waals surface area contributed by atoms with E-state index in [9.17, 15) is 9.59 Å². The zero-order valence-electron chi connectivity index (χ0n) is 17.8. The monoisotopic (exact) mass is 408 g/mol. The standard InChI is InChI=1S/C24H28N2O4/c1-4-30-16-10-15-26-23(27)21(19-13-8-9-14-20(19)29-3)22(24(26)28)25(2)17-18-11-6-5-7-12-18/h5-9,11-14H,4,10,15-17H2,1-3H3. The fourth-order valence-electron chi connectivity index (χ4n) is 3.62. The lowest BCUT2D eigenvalue weighted by atomic mass is 10.0. The van der Waals surface area contributed by atoms with Crippen LogP contribution in [0.5, 0.6) is 5.75 Å². The molecule has 2 aromatic rings. The smallest absolute Gasteiger partial charge is 0.277 e. The van der Waals surface area contributed by atoms with Gasteiger partial charge in [0.25, 0.3) is 11.8 Å². The van der Waals surface area contributed by atoms with Crippen LogP contribution in [0, 0.1) is 0 Å². The average molecular weight is 408 g/mol. The summed E-state index contributed by atoms with van der Waals surface area (Å²) in [6.45, 7) is 3.87. The minimum atomic E-state index is -0.295. The first-order valence-electron chi connectivity index (χ1n) is 10.1. The second-order valence-corrected chi connectivity index (χ2v) is 7.08. The molecule has 0 saturated heterocycles. The summed E-state index contributed by atoms with van der Waals surface area (Å²) >= 11 is 0. The van der Waals surface area contributed by atoms with Crippen LogP contribution in [0.1, 0.15) is 24.5 Å². The molecule has 6 nitrogen and oxygen atoms in total. The second-order valence-electron chi connectivity index (χ2n) is 7.08. The van der Waals surface area contributed by atoms with Crippen LogP contribution >= 0.6 is 0 Å². The van der Waals surface area contributed by atoms with Gasteiger partial charge >= 0.3 is 0 Å². The number of methoxy groups -OCH3 is 1. The van der Waals surface area contributed by atoms with E-state index in [1.807, 2.05) is 67.4 Å². The largest absolute Gasteiger partial charge is 0.496 e. The molecule has 30 heavy (non-hydrogen) atoms. The molecule has 1 heterocycles. The summed E-state index contributed by atoms with van der Waals surface area (Å²) in [5, 5.41) is 0. The molecule has 1 aliphatic heterocycles. The first kappa shape index (κ1) is 21.6. The first-order valence-corrected chi connectivity index (χ1v) is 10.1. The summed E-state index contributed by atoms with van der Waals surface area (Å²) in [5.41, 5.74) is 2.46. The molecule has 0 aliphatic carbocycles. The third-order valence-corrected chi connectivity index (χ3v) is 5.04. The van der Waals surface area contributed by atoms with Gasteiger partial charge in [0.2, 0.25) is 0 Å².